The van der Waals surface area contributed by atoms with Crippen LogP contribution in [0.2, 0.25) is 5.02 Å². The van der Waals surface area contributed by atoms with Crippen LogP contribution in [-0.4, -0.2) is 30.8 Å². The summed E-state index contributed by atoms with van der Waals surface area (Å²) in [6.07, 6.45) is 9.03. The zero-order valence-electron chi connectivity index (χ0n) is 18.9. The smallest absolute Gasteiger partial charge is 0.277 e. The van der Waals surface area contributed by atoms with E-state index in [-0.39, 0.29) is 22.7 Å². The minimum absolute atomic E-state index is 0.00762. The van der Waals surface area contributed by atoms with Gasteiger partial charge in [0.15, 0.2) is 17.3 Å². The summed E-state index contributed by atoms with van der Waals surface area (Å²) in [4.78, 5) is 22.3. The topological polar surface area (TPSA) is 74.3 Å². The molecule has 6 rings (SSSR count). The Morgan fingerprint density at radius 2 is 1.94 bits per heavy atom. The van der Waals surface area contributed by atoms with Gasteiger partial charge in [0.25, 0.3) is 5.56 Å². The Balaban J connectivity index is 1.44. The lowest BCUT2D eigenvalue weighted by Gasteiger charge is -2.29. The van der Waals surface area contributed by atoms with Gasteiger partial charge in [0.05, 0.1) is 29.7 Å². The van der Waals surface area contributed by atoms with Crippen LogP contribution in [0.1, 0.15) is 60.7 Å². The highest BCUT2D eigenvalue weighted by atomic mass is 35.5. The first-order valence-corrected chi connectivity index (χ1v) is 12.0. The van der Waals surface area contributed by atoms with Gasteiger partial charge >= 0.3 is 0 Å². The first kappa shape index (κ1) is 22.3. The molecule has 180 valence electrons. The number of nitrogens with zero attached hydrogens (tertiary/aromatic N) is 5. The lowest BCUT2D eigenvalue weighted by Crippen LogP contribution is -2.23. The number of benzene rings is 1. The zero-order chi connectivity index (χ0) is 24.3. The molecule has 0 unspecified atom stereocenters. The third kappa shape index (κ3) is 4.02. The number of fused-ring (bicyclic) bond motifs is 1. The molecule has 0 N–H and O–H groups in total. The Morgan fingerprint density at radius 3 is 2.71 bits per heavy atom. The van der Waals surface area contributed by atoms with E-state index in [1.165, 1.54) is 10.5 Å². The fourth-order valence-electron chi connectivity index (χ4n) is 4.63. The monoisotopic (exact) mass is 497 g/mol. The summed E-state index contributed by atoms with van der Waals surface area (Å²) in [6.45, 7) is 2.14. The molecular weight excluding hydrogens is 476 g/mol. The molecule has 10 heteroatoms. The number of ether oxygens (including phenoxy) is 1. The molecule has 2 fully saturated rings. The van der Waals surface area contributed by atoms with Crippen molar-refractivity contribution >= 4 is 17.2 Å². The van der Waals surface area contributed by atoms with Gasteiger partial charge in [-0.05, 0) is 50.8 Å². The first-order chi connectivity index (χ1) is 16.9. The van der Waals surface area contributed by atoms with Gasteiger partial charge in [0.1, 0.15) is 10.7 Å². The van der Waals surface area contributed by atoms with Crippen LogP contribution >= 0.6 is 11.6 Å². The summed E-state index contributed by atoms with van der Waals surface area (Å²) in [5, 5.41) is 4.48. The van der Waals surface area contributed by atoms with Gasteiger partial charge in [-0.25, -0.2) is 18.7 Å². The van der Waals surface area contributed by atoms with E-state index in [1.54, 1.807) is 13.1 Å². The third-order valence-corrected chi connectivity index (χ3v) is 7.18. The van der Waals surface area contributed by atoms with Crippen LogP contribution < -0.4 is 5.56 Å². The second-order valence-electron chi connectivity index (χ2n) is 9.22. The number of aryl methyl sites for hydroxylation is 1. The Labute approximate surface area is 204 Å². The van der Waals surface area contributed by atoms with Crippen molar-refractivity contribution in [2.45, 2.75) is 50.7 Å². The second-order valence-corrected chi connectivity index (χ2v) is 9.60. The first-order valence-electron chi connectivity index (χ1n) is 11.6. The Kier molecular flexibility index (Phi) is 5.41. The van der Waals surface area contributed by atoms with Crippen molar-refractivity contribution in [2.24, 2.45) is 0 Å². The van der Waals surface area contributed by atoms with Crippen molar-refractivity contribution < 1.29 is 13.5 Å². The highest BCUT2D eigenvalue weighted by molar-refractivity contribution is 6.31. The van der Waals surface area contributed by atoms with Gasteiger partial charge in [-0.3, -0.25) is 13.9 Å². The molecular formula is C25H22ClF2N5O2. The van der Waals surface area contributed by atoms with Crippen LogP contribution in [0.15, 0.2) is 41.6 Å². The molecule has 4 heterocycles. The van der Waals surface area contributed by atoms with Crippen LogP contribution in [0.5, 0.6) is 0 Å². The van der Waals surface area contributed by atoms with Gasteiger partial charge in [0, 0.05) is 36.0 Å². The molecule has 1 aliphatic carbocycles. The molecule has 3 aromatic heterocycles. The van der Waals surface area contributed by atoms with Crippen LogP contribution in [0.4, 0.5) is 8.78 Å². The molecule has 0 bridgehead atoms. The highest BCUT2D eigenvalue weighted by Gasteiger charge is 2.30. The van der Waals surface area contributed by atoms with E-state index in [4.69, 9.17) is 21.3 Å². The van der Waals surface area contributed by atoms with E-state index in [2.05, 4.69) is 10.1 Å². The van der Waals surface area contributed by atoms with Crippen LogP contribution in [-0.2, 0) is 4.74 Å². The largest absolute Gasteiger partial charge is 0.373 e. The average molecular weight is 498 g/mol. The lowest BCUT2D eigenvalue weighted by atomic mass is 9.90. The molecule has 1 aliphatic heterocycles. The van der Waals surface area contributed by atoms with Crippen molar-refractivity contribution in [2.75, 3.05) is 6.61 Å². The number of halogens is 3. The summed E-state index contributed by atoms with van der Waals surface area (Å²) in [5.74, 6) is -1.99. The number of rotatable bonds is 4. The summed E-state index contributed by atoms with van der Waals surface area (Å²) in [6, 6.07) is 4.02. The van der Waals surface area contributed by atoms with E-state index in [0.29, 0.717) is 48.1 Å². The number of aromatic nitrogens is 5. The average Bonchev–Trinajstić information content (AvgIpc) is 3.60. The van der Waals surface area contributed by atoms with Gasteiger partial charge < -0.3 is 4.74 Å². The summed E-state index contributed by atoms with van der Waals surface area (Å²) in [7, 11) is 0. The maximum Gasteiger partial charge on any atom is 0.277 e. The Morgan fingerprint density at radius 1 is 1.11 bits per heavy atom. The standard InChI is InChI=1S/C25H22ClF2N5O2/c1-13-22(26)25(34)32-12-20(31-23(24(32)30-13)15-2-5-18(27)19(28)8-15)14-6-7-35-21(9-14)16-10-29-33(11-16)17-3-4-17/h2,5,8,10-12,14,17,21H,3-4,6-7,9H2,1H3/t14-,21+/m0/s1. The van der Waals surface area contributed by atoms with Crippen molar-refractivity contribution in [3.8, 4) is 11.3 Å². The molecule has 0 radical (unpaired) electrons. The van der Waals surface area contributed by atoms with E-state index in [9.17, 15) is 13.6 Å². The normalized spacial score (nSPS) is 20.5. The van der Waals surface area contributed by atoms with Crippen molar-refractivity contribution in [1.82, 2.24) is 24.1 Å². The van der Waals surface area contributed by atoms with E-state index >= 15 is 0 Å². The van der Waals surface area contributed by atoms with E-state index < -0.39 is 17.2 Å². The van der Waals surface area contributed by atoms with Crippen molar-refractivity contribution in [1.29, 1.82) is 0 Å². The van der Waals surface area contributed by atoms with Gasteiger partial charge in [-0.2, -0.15) is 5.10 Å². The van der Waals surface area contributed by atoms with Crippen LogP contribution in [0.25, 0.3) is 16.9 Å². The molecule has 2 aliphatic rings. The summed E-state index contributed by atoms with van der Waals surface area (Å²) in [5.41, 5.74) is 2.42. The minimum atomic E-state index is -1.00. The molecule has 1 saturated carbocycles. The predicted molar refractivity (Wildman–Crippen MR) is 126 cm³/mol. The van der Waals surface area contributed by atoms with Crippen LogP contribution in [0.3, 0.4) is 0 Å². The summed E-state index contributed by atoms with van der Waals surface area (Å²) >= 11 is 6.22. The van der Waals surface area contributed by atoms with Crippen molar-refractivity contribution in [3.63, 3.8) is 0 Å². The number of hydrogen-bond donors (Lipinski definition) is 0. The third-order valence-electron chi connectivity index (χ3n) is 6.75. The van der Waals surface area contributed by atoms with Crippen LogP contribution in [0, 0.1) is 18.6 Å². The Hall–Kier alpha value is -3.17. The number of hydrogen-bond acceptors (Lipinski definition) is 5. The van der Waals surface area contributed by atoms with E-state index in [0.717, 1.165) is 30.5 Å². The molecule has 7 nitrogen and oxygen atoms in total. The molecule has 4 aromatic rings. The SMILES string of the molecule is Cc1nc2c(-c3ccc(F)c(F)c3)nc([C@H]3CCO[C@@H](c4cnn(C5CC5)c4)C3)cn2c(=O)c1Cl. The maximum atomic E-state index is 14.1. The Bertz CT molecular complexity index is 1510. The molecule has 0 spiro atoms. The maximum absolute atomic E-state index is 14.1. The van der Waals surface area contributed by atoms with E-state index in [1.807, 2.05) is 17.1 Å². The molecule has 1 saturated heterocycles. The quantitative estimate of drug-likeness (QED) is 0.389. The lowest BCUT2D eigenvalue weighted by molar-refractivity contribution is 0.00454. The molecule has 35 heavy (non-hydrogen) atoms. The summed E-state index contributed by atoms with van der Waals surface area (Å²) < 4.78 is 37.1. The van der Waals surface area contributed by atoms with Gasteiger partial charge in [-0.15, -0.1) is 0 Å². The predicted octanol–water partition coefficient (Wildman–Crippen LogP) is 5.16. The highest BCUT2D eigenvalue weighted by Crippen LogP contribution is 2.39. The second kappa shape index (κ2) is 8.49. The zero-order valence-corrected chi connectivity index (χ0v) is 19.7. The van der Waals surface area contributed by atoms with Gasteiger partial charge in [0.2, 0.25) is 0 Å². The van der Waals surface area contributed by atoms with Gasteiger partial charge in [-0.1, -0.05) is 11.6 Å². The fourth-order valence-corrected chi connectivity index (χ4v) is 4.77. The fraction of sp³-hybridized carbons (Fsp3) is 0.360. The molecule has 2 atom stereocenters. The minimum Gasteiger partial charge on any atom is -0.373 e. The van der Waals surface area contributed by atoms with Crippen molar-refractivity contribution in [3.05, 3.63) is 80.8 Å². The molecule has 1 aromatic carbocycles. The molecule has 0 amide bonds.